The summed E-state index contributed by atoms with van der Waals surface area (Å²) >= 11 is 0. The maximum Gasteiger partial charge on any atom is 0.303 e. The Kier molecular flexibility index (Phi) is 6.17. The van der Waals surface area contributed by atoms with E-state index in [-0.39, 0.29) is 18.4 Å². The lowest BCUT2D eigenvalue weighted by atomic mass is 9.93. The quantitative estimate of drug-likeness (QED) is 0.662. The molecule has 0 saturated carbocycles. The Bertz CT molecular complexity index is 379. The molecule has 0 aliphatic carbocycles. The third kappa shape index (κ3) is 6.35. The molecule has 1 unspecified atom stereocenters. The smallest absolute Gasteiger partial charge is 0.303 e. The lowest BCUT2D eigenvalue weighted by Crippen LogP contribution is -2.40. The first kappa shape index (κ1) is 17.6. The van der Waals surface area contributed by atoms with Gasteiger partial charge in [0.25, 0.3) is 0 Å². The number of ether oxygens (including phenoxy) is 2. The second-order valence-corrected chi connectivity index (χ2v) is 5.68. The lowest BCUT2D eigenvalue weighted by molar-refractivity contribution is -0.158. The van der Waals surface area contributed by atoms with Gasteiger partial charge in [-0.1, -0.05) is 0 Å². The van der Waals surface area contributed by atoms with Gasteiger partial charge in [0.2, 0.25) is 0 Å². The first-order valence-electron chi connectivity index (χ1n) is 6.29. The van der Waals surface area contributed by atoms with E-state index < -0.39 is 17.1 Å². The van der Waals surface area contributed by atoms with Gasteiger partial charge in [-0.3, -0.25) is 9.59 Å². The minimum absolute atomic E-state index is 0.250. The van der Waals surface area contributed by atoms with E-state index in [1.807, 2.05) is 6.07 Å². The van der Waals surface area contributed by atoms with Crippen LogP contribution in [-0.4, -0.2) is 29.6 Å². The second kappa shape index (κ2) is 6.67. The fourth-order valence-corrected chi connectivity index (χ4v) is 1.64. The van der Waals surface area contributed by atoms with Crippen LogP contribution >= 0.6 is 0 Å². The van der Waals surface area contributed by atoms with Crippen LogP contribution in [0.4, 0.5) is 0 Å². The molecule has 1 atom stereocenters. The molecule has 0 aliphatic rings. The molecule has 0 amide bonds. The summed E-state index contributed by atoms with van der Waals surface area (Å²) in [5, 5.41) is 8.74. The number of esters is 1. The third-order valence-electron chi connectivity index (χ3n) is 2.77. The van der Waals surface area contributed by atoms with Gasteiger partial charge < -0.3 is 9.47 Å². The standard InChI is InChI=1S/C14H23NO4/c1-10(9-15)12(17)14(5,6)18-8-7-13(3,4)19-11(2)16/h10H,7-8H2,1-6H3. The van der Waals surface area contributed by atoms with Crippen molar-refractivity contribution in [1.82, 2.24) is 0 Å². The van der Waals surface area contributed by atoms with E-state index in [2.05, 4.69) is 0 Å². The molecule has 0 aromatic rings. The van der Waals surface area contributed by atoms with E-state index >= 15 is 0 Å². The molecule has 5 nitrogen and oxygen atoms in total. The van der Waals surface area contributed by atoms with Crippen molar-refractivity contribution in [2.75, 3.05) is 6.61 Å². The molecule has 0 aromatic carbocycles. The molecule has 108 valence electrons. The Morgan fingerprint density at radius 1 is 1.26 bits per heavy atom. The molecule has 0 bridgehead atoms. The highest BCUT2D eigenvalue weighted by Crippen LogP contribution is 2.20. The lowest BCUT2D eigenvalue weighted by Gasteiger charge is -2.28. The van der Waals surface area contributed by atoms with Crippen LogP contribution in [0.1, 0.15) is 48.0 Å². The topological polar surface area (TPSA) is 76.4 Å². The molecular formula is C14H23NO4. The molecule has 0 spiro atoms. The van der Waals surface area contributed by atoms with Crippen LogP contribution in [0, 0.1) is 17.2 Å². The van der Waals surface area contributed by atoms with Crippen molar-refractivity contribution in [3.05, 3.63) is 0 Å². The molecule has 0 radical (unpaired) electrons. The number of hydrogen-bond acceptors (Lipinski definition) is 5. The van der Waals surface area contributed by atoms with Crippen molar-refractivity contribution in [3.63, 3.8) is 0 Å². The summed E-state index contributed by atoms with van der Waals surface area (Å²) in [5.41, 5.74) is -1.65. The van der Waals surface area contributed by atoms with Crippen LogP contribution in [0.3, 0.4) is 0 Å². The van der Waals surface area contributed by atoms with Crippen LogP contribution in [0.15, 0.2) is 0 Å². The van der Waals surface area contributed by atoms with E-state index in [1.165, 1.54) is 6.92 Å². The predicted octanol–water partition coefficient (Wildman–Crippen LogP) is 2.24. The van der Waals surface area contributed by atoms with Crippen LogP contribution in [0.5, 0.6) is 0 Å². The highest BCUT2D eigenvalue weighted by molar-refractivity contribution is 5.90. The van der Waals surface area contributed by atoms with Crippen LogP contribution < -0.4 is 0 Å². The van der Waals surface area contributed by atoms with Crippen molar-refractivity contribution >= 4 is 11.8 Å². The summed E-state index contributed by atoms with van der Waals surface area (Å²) in [5.74, 6) is -1.30. The number of rotatable bonds is 7. The average molecular weight is 269 g/mol. The van der Waals surface area contributed by atoms with E-state index in [9.17, 15) is 9.59 Å². The molecule has 0 aromatic heterocycles. The number of carbonyl (C=O) groups excluding carboxylic acids is 2. The number of hydrogen-bond donors (Lipinski definition) is 0. The molecule has 0 heterocycles. The van der Waals surface area contributed by atoms with Gasteiger partial charge in [0.1, 0.15) is 17.1 Å². The van der Waals surface area contributed by atoms with E-state index in [1.54, 1.807) is 34.6 Å². The third-order valence-corrected chi connectivity index (χ3v) is 2.77. The molecule has 0 N–H and O–H groups in total. The Labute approximate surface area is 114 Å². The normalized spacial score (nSPS) is 13.5. The molecule has 0 rings (SSSR count). The number of nitriles is 1. The van der Waals surface area contributed by atoms with Gasteiger partial charge in [0.15, 0.2) is 5.78 Å². The maximum atomic E-state index is 11.9. The summed E-state index contributed by atoms with van der Waals surface area (Å²) in [7, 11) is 0. The maximum absolute atomic E-state index is 11.9. The van der Waals surface area contributed by atoms with Crippen LogP contribution in [0.25, 0.3) is 0 Å². The highest BCUT2D eigenvalue weighted by atomic mass is 16.6. The van der Waals surface area contributed by atoms with Crippen molar-refractivity contribution in [1.29, 1.82) is 5.26 Å². The molecular weight excluding hydrogens is 246 g/mol. The SMILES string of the molecule is CC(=O)OC(C)(C)CCOC(C)(C)C(=O)C(C)C#N. The van der Waals surface area contributed by atoms with Crippen LogP contribution in [-0.2, 0) is 19.1 Å². The zero-order valence-electron chi connectivity index (χ0n) is 12.6. The zero-order chi connectivity index (χ0) is 15.3. The van der Waals surface area contributed by atoms with Gasteiger partial charge in [0.05, 0.1) is 12.7 Å². The van der Waals surface area contributed by atoms with E-state index in [0.29, 0.717) is 6.42 Å². The minimum Gasteiger partial charge on any atom is -0.460 e. The van der Waals surface area contributed by atoms with Gasteiger partial charge in [-0.15, -0.1) is 0 Å². The van der Waals surface area contributed by atoms with E-state index in [0.717, 1.165) is 0 Å². The number of nitrogens with zero attached hydrogens (tertiary/aromatic N) is 1. The summed E-state index contributed by atoms with van der Waals surface area (Å²) in [6.07, 6.45) is 0.476. The fourth-order valence-electron chi connectivity index (χ4n) is 1.64. The predicted molar refractivity (Wildman–Crippen MR) is 70.3 cm³/mol. The molecule has 5 heteroatoms. The second-order valence-electron chi connectivity index (χ2n) is 5.68. The summed E-state index contributed by atoms with van der Waals surface area (Å²) < 4.78 is 10.7. The number of ketones is 1. The molecule has 0 aliphatic heterocycles. The summed E-state index contributed by atoms with van der Waals surface area (Å²) in [6, 6.07) is 1.90. The molecule has 0 fully saturated rings. The highest BCUT2D eigenvalue weighted by Gasteiger charge is 2.33. The average Bonchev–Trinajstić information content (AvgIpc) is 2.24. The van der Waals surface area contributed by atoms with Crippen molar-refractivity contribution in [2.24, 2.45) is 5.92 Å². The molecule has 0 saturated heterocycles. The molecule has 19 heavy (non-hydrogen) atoms. The monoisotopic (exact) mass is 269 g/mol. The van der Waals surface area contributed by atoms with Gasteiger partial charge in [-0.2, -0.15) is 5.26 Å². The van der Waals surface area contributed by atoms with E-state index in [4.69, 9.17) is 14.7 Å². The van der Waals surface area contributed by atoms with Gasteiger partial charge in [0, 0.05) is 13.3 Å². The van der Waals surface area contributed by atoms with Crippen molar-refractivity contribution in [2.45, 2.75) is 59.2 Å². The zero-order valence-corrected chi connectivity index (χ0v) is 12.6. The van der Waals surface area contributed by atoms with Gasteiger partial charge >= 0.3 is 5.97 Å². The number of Topliss-reactive ketones (excluding diaryl/α,β-unsaturated/α-hetero) is 1. The first-order chi connectivity index (χ1) is 8.52. The van der Waals surface area contributed by atoms with Crippen molar-refractivity contribution < 1.29 is 19.1 Å². The minimum atomic E-state index is -1.01. The Balaban J connectivity index is 4.37. The van der Waals surface area contributed by atoms with Gasteiger partial charge in [-0.05, 0) is 34.6 Å². The van der Waals surface area contributed by atoms with Gasteiger partial charge in [-0.25, -0.2) is 0 Å². The Morgan fingerprint density at radius 3 is 2.21 bits per heavy atom. The van der Waals surface area contributed by atoms with Crippen molar-refractivity contribution in [3.8, 4) is 6.07 Å². The fraction of sp³-hybridized carbons (Fsp3) is 0.786. The van der Waals surface area contributed by atoms with Crippen LogP contribution in [0.2, 0.25) is 0 Å². The number of carbonyl (C=O) groups is 2. The summed E-state index contributed by atoms with van der Waals surface area (Å²) in [4.78, 5) is 22.8. The first-order valence-corrected chi connectivity index (χ1v) is 6.29. The summed E-state index contributed by atoms with van der Waals surface area (Å²) in [6.45, 7) is 10.0. The Hall–Kier alpha value is -1.41. The largest absolute Gasteiger partial charge is 0.460 e. The Morgan fingerprint density at radius 2 is 1.79 bits per heavy atom.